The van der Waals surface area contributed by atoms with Crippen LogP contribution in [0.5, 0.6) is 0 Å². The molecule has 11 saturated heterocycles. The first kappa shape index (κ1) is 92.6. The Morgan fingerprint density at radius 2 is 0.412 bits per heavy atom. The summed E-state index contributed by atoms with van der Waals surface area (Å²) >= 11 is 0. The van der Waals surface area contributed by atoms with Gasteiger partial charge in [0.2, 0.25) is 0 Å². The monoisotopic (exact) mass is 1680 g/mol. The fourth-order valence-electron chi connectivity index (χ4n) is 14.4. The Balaban J connectivity index is 0.841. The molecular weight excluding hydrogens is 1580 g/mol. The van der Waals surface area contributed by atoms with Gasteiger partial charge in [0.05, 0.1) is 72.7 Å². The summed E-state index contributed by atoms with van der Waals surface area (Å²) in [6, 6.07) is 0. The third-order valence-corrected chi connectivity index (χ3v) is 21.3. The van der Waals surface area contributed by atoms with Gasteiger partial charge < -0.3 is 258 Å². The second-order valence-electron chi connectivity index (χ2n) is 29.2. The molecule has 0 spiro atoms. The van der Waals surface area contributed by atoms with Crippen molar-refractivity contribution in [3.63, 3.8) is 0 Å². The number of hydrogen-bond donors (Lipinski definition) is 31. The maximum absolute atomic E-state index is 12.3. The maximum atomic E-state index is 12.3. The molecule has 114 heavy (non-hydrogen) atoms. The van der Waals surface area contributed by atoms with Gasteiger partial charge in [0.15, 0.2) is 69.2 Å². The highest BCUT2D eigenvalue weighted by Gasteiger charge is 2.60. The fourth-order valence-corrected chi connectivity index (χ4v) is 14.4. The minimum absolute atomic E-state index is 0.508. The van der Waals surface area contributed by atoms with Gasteiger partial charge in [-0.2, -0.15) is 0 Å². The van der Waals surface area contributed by atoms with Crippen LogP contribution >= 0.6 is 0 Å². The molecule has 11 aliphatic rings. The Kier molecular flexibility index (Phi) is 32.5. The number of aliphatic hydroxyl groups excluding tert-OH is 31. The molecule has 0 bridgehead atoms. The van der Waals surface area contributed by atoms with Gasteiger partial charge >= 0.3 is 0 Å². The van der Waals surface area contributed by atoms with Crippen molar-refractivity contribution in [2.24, 2.45) is 0 Å². The van der Waals surface area contributed by atoms with E-state index in [4.69, 9.17) is 99.5 Å². The Bertz CT molecular complexity index is 2890. The van der Waals surface area contributed by atoms with E-state index in [0.717, 1.165) is 0 Å². The Morgan fingerprint density at radius 3 is 0.754 bits per heavy atom. The van der Waals surface area contributed by atoms with Crippen LogP contribution in [-0.4, -0.2) is 544 Å². The quantitative estimate of drug-likeness (QED) is 0.0363. The van der Waals surface area contributed by atoms with Crippen LogP contribution < -0.4 is 0 Å². The summed E-state index contributed by atoms with van der Waals surface area (Å²) in [6.07, 6.45) is -105. The molecule has 11 fully saturated rings. The summed E-state index contributed by atoms with van der Waals surface area (Å²) in [5, 5.41) is 339. The topological polar surface area (TPSA) is 821 Å². The van der Waals surface area contributed by atoms with Gasteiger partial charge in [-0.05, 0) is 0 Å². The average Bonchev–Trinajstić information content (AvgIpc) is 0.778. The highest BCUT2D eigenvalue weighted by atomic mass is 16.8. The zero-order valence-corrected chi connectivity index (χ0v) is 59.7. The van der Waals surface area contributed by atoms with Crippen LogP contribution in [0.2, 0.25) is 0 Å². The lowest BCUT2D eigenvalue weighted by Gasteiger charge is -2.50. The van der Waals surface area contributed by atoms with E-state index in [0.29, 0.717) is 0 Å². The summed E-state index contributed by atoms with van der Waals surface area (Å²) in [5.41, 5.74) is 0. The van der Waals surface area contributed by atoms with E-state index in [9.17, 15) is 158 Å². The van der Waals surface area contributed by atoms with Gasteiger partial charge in [-0.25, -0.2) is 0 Å². The van der Waals surface area contributed by atoms with Crippen LogP contribution in [0.3, 0.4) is 0 Å². The van der Waals surface area contributed by atoms with Crippen LogP contribution in [0, 0.1) is 0 Å². The van der Waals surface area contributed by atoms with Crippen LogP contribution in [0.15, 0.2) is 0 Å². The molecule has 31 N–H and O–H groups in total. The van der Waals surface area contributed by atoms with Gasteiger partial charge in [-0.1, -0.05) is 0 Å². The molecule has 52 nitrogen and oxygen atoms in total. The van der Waals surface area contributed by atoms with Crippen molar-refractivity contribution >= 4 is 0 Å². The van der Waals surface area contributed by atoms with Crippen molar-refractivity contribution < 1.29 is 258 Å². The zero-order valence-electron chi connectivity index (χ0n) is 59.7. The maximum Gasteiger partial charge on any atom is 0.187 e. The number of rotatable bonds is 27. The molecule has 0 aromatic heterocycles. The highest BCUT2D eigenvalue weighted by Crippen LogP contribution is 2.40. The van der Waals surface area contributed by atoms with Crippen LogP contribution in [-0.2, 0) is 99.5 Å². The Labute approximate surface area is 642 Å². The van der Waals surface area contributed by atoms with Gasteiger partial charge in [0.25, 0.3) is 0 Å². The standard InChI is InChI=1S/C62H104O52/c63-1-16-27(74)29(76)40(87)56(103-16)114-51-26(73)15(69)7-97-62(51)101-11-22-50(33(80)43(90)59(108-22)109-46-17(2-64)102-52(93)36(83)31(46)78)113-61-45(92)35(82)49(21(107-61)10-100-55-39(86)25(72)14(68)6-96-55)112-60-44(91)34(81)48(20(106-60)9-99-54-38(85)24(71)13(67)5-95-54)111-58-42(89)32(79)47(18(3-65)104-58)110-57-41(88)30(77)28(75)19(105-57)8-98-53-37(84)23(70)12(66)4-94-53/h12-93H,1-11H2/t12-,13-,14-,15-,16-,17-,18-,19-,20-,21-,22-,23+,24+,25+,26+,27+,28-,29+,30+,31-,32-,33-,34-,35-,36-,37-,38-,39-,40-,41-,42-,43-,44-,45-,46-,47-,48-,49-,50-,51-,52-,53-,54-,55-,56+,57+,58+,59+,60+,61+,62-/m1/s1. The Morgan fingerprint density at radius 1 is 0.184 bits per heavy atom. The van der Waals surface area contributed by atoms with Crippen molar-refractivity contribution in [1.29, 1.82) is 0 Å². The first-order chi connectivity index (χ1) is 54.0. The summed E-state index contributed by atoms with van der Waals surface area (Å²) in [5.74, 6) is 0. The summed E-state index contributed by atoms with van der Waals surface area (Å²) in [4.78, 5) is 0. The van der Waals surface area contributed by atoms with Crippen molar-refractivity contribution in [2.75, 3.05) is 72.7 Å². The molecule has 0 saturated carbocycles. The predicted molar refractivity (Wildman–Crippen MR) is 338 cm³/mol. The predicted octanol–water partition coefficient (Wildman–Crippen LogP) is -22.4. The first-order valence-electron chi connectivity index (χ1n) is 36.3. The lowest BCUT2D eigenvalue weighted by molar-refractivity contribution is -0.401. The van der Waals surface area contributed by atoms with Crippen molar-refractivity contribution in [3.05, 3.63) is 0 Å². The first-order valence-corrected chi connectivity index (χ1v) is 36.3. The second kappa shape index (κ2) is 40.1. The number of hydrogen-bond acceptors (Lipinski definition) is 52. The summed E-state index contributed by atoms with van der Waals surface area (Å²) in [7, 11) is 0. The third kappa shape index (κ3) is 19.9. The zero-order chi connectivity index (χ0) is 83.1. The van der Waals surface area contributed by atoms with E-state index in [2.05, 4.69) is 0 Å². The average molecular weight is 1680 g/mol. The lowest BCUT2D eigenvalue weighted by atomic mass is 9.95. The molecule has 664 valence electrons. The van der Waals surface area contributed by atoms with Crippen molar-refractivity contribution in [3.8, 4) is 0 Å². The number of ether oxygens (including phenoxy) is 21. The minimum atomic E-state index is -2.55. The van der Waals surface area contributed by atoms with E-state index in [1.807, 2.05) is 0 Å². The second-order valence-corrected chi connectivity index (χ2v) is 29.2. The Hall–Kier alpha value is -2.08. The van der Waals surface area contributed by atoms with E-state index in [1.54, 1.807) is 0 Å². The minimum Gasteiger partial charge on any atom is -0.394 e. The van der Waals surface area contributed by atoms with Gasteiger partial charge in [-0.3, -0.25) is 0 Å². The molecule has 11 heterocycles. The third-order valence-electron chi connectivity index (χ3n) is 21.3. The van der Waals surface area contributed by atoms with Gasteiger partial charge in [0, 0.05) is 0 Å². The molecule has 51 atom stereocenters. The highest BCUT2D eigenvalue weighted by molar-refractivity contribution is 5.02. The van der Waals surface area contributed by atoms with E-state index >= 15 is 0 Å². The van der Waals surface area contributed by atoms with Gasteiger partial charge in [-0.15, -0.1) is 0 Å². The molecular formula is C62H104O52. The summed E-state index contributed by atoms with van der Waals surface area (Å²) in [6.45, 7) is -9.75. The van der Waals surface area contributed by atoms with E-state index in [-0.39, 0.29) is 0 Å². The van der Waals surface area contributed by atoms with Crippen molar-refractivity contribution in [1.82, 2.24) is 0 Å². The summed E-state index contributed by atoms with van der Waals surface area (Å²) < 4.78 is 120. The molecule has 0 unspecified atom stereocenters. The molecule has 0 radical (unpaired) electrons. The lowest BCUT2D eigenvalue weighted by Crippen LogP contribution is -2.68. The van der Waals surface area contributed by atoms with Crippen LogP contribution in [0.4, 0.5) is 0 Å². The smallest absolute Gasteiger partial charge is 0.187 e. The van der Waals surface area contributed by atoms with E-state index in [1.165, 1.54) is 0 Å². The van der Waals surface area contributed by atoms with E-state index < -0.39 is 386 Å². The molecule has 52 heteroatoms. The largest absolute Gasteiger partial charge is 0.394 e. The normalized spacial score (nSPS) is 54.1. The molecule has 11 aliphatic heterocycles. The fraction of sp³-hybridized carbons (Fsp3) is 1.00. The SMILES string of the molecule is OC[C@H]1O[C@@H](O[C@H]2[C@@H](OC[C@H]3O[C@@H](O[C@H]4[C@H](O)[C@@H](O)[C@H](O)O[C@@H]4CO)[C@H](O)[C@@H](O)[C@@H]3O[C@@H]3O[C@H](CO[C@H]4OC[C@@H](O)[C@H](O)[C@H]4O)[C@@H](O[C@@H]4O[C@H](CO[C@H]5OC[C@@H](O)[C@H](O)[C@H]5O)[C@@H](O[C@@H]5O[C@H](CO)[C@@H](O[C@@H]6O[C@H](CO[C@H]7OC[C@@H](O)[C@H](O)[C@H]7O)[C@@H](O)[C@H](O)[C@H]6O)[C@H](O)[C@H]5O)[C@H](O)[C@H]4O)[C@H](O)[C@H]3O)OC[C@@H](O)[C@@H]2O)[C@H](O)[C@@H](O)[C@H]1O. The van der Waals surface area contributed by atoms with Crippen LogP contribution in [0.25, 0.3) is 0 Å². The number of aliphatic hydroxyl groups is 31. The molecule has 0 amide bonds. The van der Waals surface area contributed by atoms with Crippen molar-refractivity contribution in [2.45, 2.75) is 313 Å². The molecule has 0 aromatic carbocycles. The molecule has 0 aromatic rings. The van der Waals surface area contributed by atoms with Gasteiger partial charge in [0.1, 0.15) is 244 Å². The molecule has 11 rings (SSSR count). The molecule has 0 aliphatic carbocycles. The van der Waals surface area contributed by atoms with Crippen LogP contribution in [0.1, 0.15) is 0 Å².